The van der Waals surface area contributed by atoms with Crippen LogP contribution in [0.4, 0.5) is 0 Å². The van der Waals surface area contributed by atoms with Gasteiger partial charge in [-0.1, -0.05) is 0 Å². The molecule has 0 unspecified atom stereocenters. The van der Waals surface area contributed by atoms with Gasteiger partial charge in [-0.05, 0) is 0 Å². The van der Waals surface area contributed by atoms with Gasteiger partial charge in [0, 0.05) is 68.9 Å². The Morgan fingerprint density at radius 1 is 1.33 bits per heavy atom. The number of hydrogen-bond acceptors (Lipinski definition) is 0. The summed E-state index contributed by atoms with van der Waals surface area (Å²) in [5.41, 5.74) is 9.17. The summed E-state index contributed by atoms with van der Waals surface area (Å²) < 4.78 is 0. The second kappa shape index (κ2) is 9.79. The standard InChI is InChI=1S/CH5N3.ClH.Cs/c2-1(3)4;;/h(H5,2,3,4);1H;. The molecule has 6 N–H and O–H groups in total. The summed E-state index contributed by atoms with van der Waals surface area (Å²) in [6, 6.07) is 0. The molecule has 0 saturated carbocycles. The average molecular weight is 228 g/mol. The molecule has 0 aromatic heterocycles. The van der Waals surface area contributed by atoms with Crippen LogP contribution in [-0.2, 0) is 0 Å². The van der Waals surface area contributed by atoms with Gasteiger partial charge >= 0.3 is 5.96 Å². The van der Waals surface area contributed by atoms with Crippen molar-refractivity contribution in [3.8, 4) is 0 Å². The molecule has 0 rings (SSSR count). The van der Waals surface area contributed by atoms with Gasteiger partial charge in [-0.2, -0.15) is 0 Å². The van der Waals surface area contributed by atoms with Gasteiger partial charge in [-0.15, -0.1) is 0 Å². The smallest absolute Gasteiger partial charge is 0.336 e. The molecule has 0 aromatic rings. The van der Waals surface area contributed by atoms with Crippen LogP contribution in [0.15, 0.2) is 0 Å². The molecule has 6 heavy (non-hydrogen) atoms. The molecule has 5 heteroatoms. The molecule has 0 saturated heterocycles. The molecule has 0 heterocycles. The molecule has 0 aliphatic carbocycles. The van der Waals surface area contributed by atoms with E-state index in [-0.39, 0.29) is 87.3 Å². The molecule has 0 atom stereocenters. The largest absolute Gasteiger partial charge is 1.00 e. The molecule has 0 spiro atoms. The average Bonchev–Trinajstić information content (AvgIpc) is 0.811. The van der Waals surface area contributed by atoms with Crippen molar-refractivity contribution in [1.29, 1.82) is 0 Å². The van der Waals surface area contributed by atoms with E-state index in [1.807, 2.05) is 0 Å². The molecule has 33 valence electrons. The van der Waals surface area contributed by atoms with Crippen molar-refractivity contribution in [3.63, 3.8) is 0 Å². The van der Waals surface area contributed by atoms with Gasteiger partial charge in [0.1, 0.15) is 0 Å². The molecule has 0 aliphatic heterocycles. The number of halogens is 1. The van der Waals surface area contributed by atoms with Gasteiger partial charge in [0.25, 0.3) is 0 Å². The van der Waals surface area contributed by atoms with Gasteiger partial charge in [-0.3, -0.25) is 16.9 Å². The van der Waals surface area contributed by atoms with Crippen LogP contribution in [0, 0.1) is 0 Å². The summed E-state index contributed by atoms with van der Waals surface area (Å²) in [6.07, 6.45) is 0. The van der Waals surface area contributed by atoms with E-state index in [0.717, 1.165) is 0 Å². The molecule has 0 amide bonds. The SMILES string of the molecule is NC(N)=[NH2+].[Cl-].[Cs]. The van der Waals surface area contributed by atoms with Crippen molar-refractivity contribution in [2.24, 2.45) is 11.5 Å². The fourth-order valence-corrected chi connectivity index (χ4v) is 0. The van der Waals surface area contributed by atoms with Crippen molar-refractivity contribution in [2.45, 2.75) is 0 Å². The number of rotatable bonds is 0. The fraction of sp³-hybridized carbons (Fsp3) is 0. The first-order chi connectivity index (χ1) is 1.73. The predicted octanol–water partition coefficient (Wildman–Crippen LogP) is -6.36. The third-order valence-electron chi connectivity index (χ3n) is 0. The maximum absolute atomic E-state index is 4.58. The Morgan fingerprint density at radius 2 is 1.33 bits per heavy atom. The van der Waals surface area contributed by atoms with Crippen LogP contribution >= 0.6 is 0 Å². The van der Waals surface area contributed by atoms with E-state index in [1.165, 1.54) is 0 Å². The van der Waals surface area contributed by atoms with Gasteiger partial charge in [-0.25, -0.2) is 0 Å². The van der Waals surface area contributed by atoms with Crippen molar-refractivity contribution < 1.29 is 17.8 Å². The molecule has 0 aromatic carbocycles. The quantitative estimate of drug-likeness (QED) is 0.285. The monoisotopic (exact) mass is 228 g/mol. The molecule has 0 fully saturated rings. The van der Waals surface area contributed by atoms with Crippen LogP contribution in [-0.4, -0.2) is 74.9 Å². The zero-order valence-corrected chi connectivity index (χ0v) is 10.6. The van der Waals surface area contributed by atoms with Crippen molar-refractivity contribution in [3.05, 3.63) is 0 Å². The van der Waals surface area contributed by atoms with E-state index in [4.69, 9.17) is 0 Å². The first kappa shape index (κ1) is 15.6. The number of guanidine groups is 1. The zero-order chi connectivity index (χ0) is 3.58. The molecule has 1 radical (unpaired) electrons. The van der Waals surface area contributed by atoms with E-state index in [0.29, 0.717) is 0 Å². The van der Waals surface area contributed by atoms with Crippen LogP contribution in [0.5, 0.6) is 0 Å². The summed E-state index contributed by atoms with van der Waals surface area (Å²) >= 11 is 0. The van der Waals surface area contributed by atoms with Crippen molar-refractivity contribution in [2.75, 3.05) is 0 Å². The van der Waals surface area contributed by atoms with E-state index >= 15 is 0 Å². The summed E-state index contributed by atoms with van der Waals surface area (Å²) in [7, 11) is 0. The third-order valence-corrected chi connectivity index (χ3v) is 0. The van der Waals surface area contributed by atoms with E-state index in [2.05, 4.69) is 16.9 Å². The zero-order valence-electron chi connectivity index (χ0n) is 3.61. The van der Waals surface area contributed by atoms with Gasteiger partial charge < -0.3 is 12.4 Å². The first-order valence-corrected chi connectivity index (χ1v) is 0.866. The molecule has 0 bridgehead atoms. The van der Waals surface area contributed by atoms with Gasteiger partial charge in [0.05, 0.1) is 0 Å². The molecule has 0 aliphatic rings. The second-order valence-electron chi connectivity index (χ2n) is 0.500. The molecular weight excluding hydrogens is 222 g/mol. The maximum Gasteiger partial charge on any atom is 0.336 e. The number of nitrogens with two attached hydrogens (primary N) is 3. The normalized spacial score (nSPS) is 4.00. The van der Waals surface area contributed by atoms with Crippen LogP contribution < -0.4 is 29.3 Å². The summed E-state index contributed by atoms with van der Waals surface area (Å²) in [6.45, 7) is 0. The van der Waals surface area contributed by atoms with Crippen LogP contribution in [0.1, 0.15) is 0 Å². The number of hydrogen-bond donors (Lipinski definition) is 3. The minimum Gasteiger partial charge on any atom is -1.00 e. The second-order valence-corrected chi connectivity index (χ2v) is 0.500. The maximum atomic E-state index is 4.58. The predicted molar refractivity (Wildman–Crippen MR) is 21.1 cm³/mol. The Morgan fingerprint density at radius 3 is 1.33 bits per heavy atom. The summed E-state index contributed by atoms with van der Waals surface area (Å²) in [4.78, 5) is 0. The van der Waals surface area contributed by atoms with Crippen molar-refractivity contribution >= 4 is 74.9 Å². The van der Waals surface area contributed by atoms with Gasteiger partial charge in [0.2, 0.25) is 0 Å². The third kappa shape index (κ3) is 45.9. The van der Waals surface area contributed by atoms with Gasteiger partial charge in [0.15, 0.2) is 0 Å². The van der Waals surface area contributed by atoms with Crippen molar-refractivity contribution in [1.82, 2.24) is 0 Å². The Balaban J connectivity index is -0.0000000450. The Hall–Kier alpha value is 1.61. The van der Waals surface area contributed by atoms with E-state index < -0.39 is 0 Å². The van der Waals surface area contributed by atoms with Crippen LogP contribution in [0.25, 0.3) is 0 Å². The summed E-state index contributed by atoms with van der Waals surface area (Å²) in [5.74, 6) is -0.0833. The Bertz CT molecular complexity index is 33.8. The minimum absolute atomic E-state index is 0. The van der Waals surface area contributed by atoms with Crippen LogP contribution in [0.3, 0.4) is 0 Å². The van der Waals surface area contributed by atoms with E-state index in [9.17, 15) is 0 Å². The Kier molecular flexibility index (Phi) is 25.5. The van der Waals surface area contributed by atoms with Crippen LogP contribution in [0.2, 0.25) is 0 Å². The summed E-state index contributed by atoms with van der Waals surface area (Å²) in [5, 5.41) is 4.58. The minimum atomic E-state index is -0.0833. The van der Waals surface area contributed by atoms with E-state index in [1.54, 1.807) is 0 Å². The first-order valence-electron chi connectivity index (χ1n) is 0.866. The fourth-order valence-electron chi connectivity index (χ4n) is 0. The Labute approximate surface area is 102 Å². The molecule has 3 nitrogen and oxygen atoms in total. The molecular formula is CH6ClCsN3. The topological polar surface area (TPSA) is 77.6 Å².